The summed E-state index contributed by atoms with van der Waals surface area (Å²) in [7, 11) is 1.21. The zero-order chi connectivity index (χ0) is 15.2. The van der Waals surface area contributed by atoms with E-state index < -0.39 is 35.3 Å². The van der Waals surface area contributed by atoms with Crippen LogP contribution in [0, 0.1) is 5.41 Å². The molecule has 1 amide bonds. The van der Waals surface area contributed by atoms with Crippen LogP contribution in [0.5, 0.6) is 0 Å². The fourth-order valence-electron chi connectivity index (χ4n) is 1.28. The molecule has 0 saturated heterocycles. The quantitative estimate of drug-likeness (QED) is 0.581. The third kappa shape index (κ3) is 6.19. The van der Waals surface area contributed by atoms with E-state index in [2.05, 4.69) is 10.1 Å². The number of amides is 1. The highest BCUT2D eigenvalue weighted by molar-refractivity contribution is 5.87. The molecule has 0 aliphatic heterocycles. The van der Waals surface area contributed by atoms with Crippen molar-refractivity contribution in [3.63, 3.8) is 0 Å². The Kier molecular flexibility index (Phi) is 6.47. The Labute approximate surface area is 112 Å². The van der Waals surface area contributed by atoms with Gasteiger partial charge < -0.3 is 20.9 Å². The number of hydrogen-bond acceptors (Lipinski definition) is 5. The molecule has 0 heterocycles. The lowest BCUT2D eigenvalue weighted by Gasteiger charge is -2.27. The zero-order valence-electron chi connectivity index (χ0n) is 11.7. The average molecular weight is 274 g/mol. The second-order valence-corrected chi connectivity index (χ2v) is 5.36. The topological polar surface area (TPSA) is 119 Å². The van der Waals surface area contributed by atoms with Crippen LogP contribution in [0.25, 0.3) is 0 Å². The normalized spacial score (nSPS) is 14.4. The minimum absolute atomic E-state index is 0.0371. The highest BCUT2D eigenvalue weighted by Gasteiger charge is 2.30. The van der Waals surface area contributed by atoms with Crippen LogP contribution in [0.1, 0.15) is 33.6 Å². The summed E-state index contributed by atoms with van der Waals surface area (Å²) < 4.78 is 4.42. The lowest BCUT2D eigenvalue weighted by atomic mass is 9.87. The van der Waals surface area contributed by atoms with Gasteiger partial charge in [0.15, 0.2) is 0 Å². The minimum atomic E-state index is -1.21. The molecule has 110 valence electrons. The molecule has 0 aromatic rings. The summed E-state index contributed by atoms with van der Waals surface area (Å²) in [5.74, 6) is -2.29. The minimum Gasteiger partial charge on any atom is -0.480 e. The first-order valence-corrected chi connectivity index (χ1v) is 5.95. The molecule has 4 N–H and O–H groups in total. The van der Waals surface area contributed by atoms with Gasteiger partial charge in [-0.05, 0) is 11.8 Å². The van der Waals surface area contributed by atoms with Gasteiger partial charge in [0.25, 0.3) is 0 Å². The van der Waals surface area contributed by atoms with Crippen LogP contribution >= 0.6 is 0 Å². The van der Waals surface area contributed by atoms with Crippen molar-refractivity contribution >= 4 is 17.8 Å². The Morgan fingerprint density at radius 1 is 1.32 bits per heavy atom. The molecule has 0 radical (unpaired) electrons. The number of ether oxygens (including phenoxy) is 1. The monoisotopic (exact) mass is 274 g/mol. The number of esters is 1. The van der Waals surface area contributed by atoms with E-state index >= 15 is 0 Å². The second kappa shape index (κ2) is 7.08. The number of methoxy groups -OCH3 is 1. The van der Waals surface area contributed by atoms with Crippen LogP contribution in [0.4, 0.5) is 0 Å². The summed E-state index contributed by atoms with van der Waals surface area (Å²) in [6.45, 7) is 5.34. The molecule has 0 aliphatic carbocycles. The third-order valence-corrected chi connectivity index (χ3v) is 2.69. The Hall–Kier alpha value is -1.63. The average Bonchev–Trinajstić information content (AvgIpc) is 2.30. The van der Waals surface area contributed by atoms with E-state index in [9.17, 15) is 14.4 Å². The van der Waals surface area contributed by atoms with Crippen molar-refractivity contribution in [1.29, 1.82) is 0 Å². The number of carbonyl (C=O) groups is 3. The van der Waals surface area contributed by atoms with Crippen molar-refractivity contribution in [3.05, 3.63) is 0 Å². The number of hydrogen-bond donors (Lipinski definition) is 3. The van der Waals surface area contributed by atoms with Gasteiger partial charge in [-0.2, -0.15) is 0 Å². The number of rotatable bonds is 6. The fraction of sp³-hybridized carbons (Fsp3) is 0.750. The Morgan fingerprint density at radius 2 is 1.84 bits per heavy atom. The summed E-state index contributed by atoms with van der Waals surface area (Å²) in [6.07, 6.45) is -0.122. The third-order valence-electron chi connectivity index (χ3n) is 2.69. The van der Waals surface area contributed by atoms with Crippen LogP contribution < -0.4 is 11.1 Å². The molecule has 0 bridgehead atoms. The molecule has 0 fully saturated rings. The predicted octanol–water partition coefficient (Wildman–Crippen LogP) is -0.118. The molecule has 0 spiro atoms. The predicted molar refractivity (Wildman–Crippen MR) is 68.2 cm³/mol. The van der Waals surface area contributed by atoms with E-state index in [0.717, 1.165) is 0 Å². The first-order chi connectivity index (χ1) is 8.59. The molecule has 0 rings (SSSR count). The summed E-state index contributed by atoms with van der Waals surface area (Å²) in [6, 6.07) is -1.98. The van der Waals surface area contributed by atoms with Crippen molar-refractivity contribution in [3.8, 4) is 0 Å². The van der Waals surface area contributed by atoms with Gasteiger partial charge in [0.1, 0.15) is 6.04 Å². The van der Waals surface area contributed by atoms with Gasteiger partial charge in [-0.1, -0.05) is 20.8 Å². The van der Waals surface area contributed by atoms with Gasteiger partial charge in [0, 0.05) is 6.42 Å². The lowest BCUT2D eigenvalue weighted by molar-refractivity contribution is -0.144. The maximum absolute atomic E-state index is 11.8. The van der Waals surface area contributed by atoms with Crippen molar-refractivity contribution in [2.75, 3.05) is 7.11 Å². The molecule has 1 unspecified atom stereocenters. The molecule has 0 aromatic carbocycles. The van der Waals surface area contributed by atoms with Crippen molar-refractivity contribution in [2.45, 2.75) is 45.7 Å². The van der Waals surface area contributed by atoms with E-state index in [-0.39, 0.29) is 12.8 Å². The number of carboxylic acid groups (broad SMARTS) is 1. The Morgan fingerprint density at radius 3 is 2.21 bits per heavy atom. The Balaban J connectivity index is 4.55. The molecule has 7 heteroatoms. The highest BCUT2D eigenvalue weighted by atomic mass is 16.5. The number of nitrogens with one attached hydrogen (secondary N) is 1. The molecular weight excluding hydrogens is 252 g/mol. The summed E-state index contributed by atoms with van der Waals surface area (Å²) in [4.78, 5) is 33.8. The summed E-state index contributed by atoms with van der Waals surface area (Å²) >= 11 is 0. The van der Waals surface area contributed by atoms with E-state index in [1.54, 1.807) is 20.8 Å². The maximum Gasteiger partial charge on any atom is 0.326 e. The van der Waals surface area contributed by atoms with Crippen molar-refractivity contribution in [1.82, 2.24) is 5.32 Å². The zero-order valence-corrected chi connectivity index (χ0v) is 11.7. The number of carboxylic acids is 1. The first-order valence-electron chi connectivity index (χ1n) is 5.95. The first kappa shape index (κ1) is 17.4. The van der Waals surface area contributed by atoms with Gasteiger partial charge >= 0.3 is 11.9 Å². The fourth-order valence-corrected chi connectivity index (χ4v) is 1.28. The molecule has 2 atom stereocenters. The van der Waals surface area contributed by atoms with Gasteiger partial charge in [-0.3, -0.25) is 9.59 Å². The highest BCUT2D eigenvalue weighted by Crippen LogP contribution is 2.17. The van der Waals surface area contributed by atoms with Crippen LogP contribution in [-0.4, -0.2) is 42.1 Å². The molecule has 0 aliphatic rings. The number of carbonyl (C=O) groups excluding carboxylic acids is 2. The molecule has 0 saturated carbocycles. The van der Waals surface area contributed by atoms with Crippen LogP contribution in [0.2, 0.25) is 0 Å². The van der Waals surface area contributed by atoms with E-state index in [0.29, 0.717) is 0 Å². The van der Waals surface area contributed by atoms with Gasteiger partial charge in [-0.25, -0.2) is 4.79 Å². The van der Waals surface area contributed by atoms with Crippen LogP contribution in [0.15, 0.2) is 0 Å². The van der Waals surface area contributed by atoms with Gasteiger partial charge in [-0.15, -0.1) is 0 Å². The molecule has 7 nitrogen and oxygen atoms in total. The van der Waals surface area contributed by atoms with Crippen LogP contribution in [0.3, 0.4) is 0 Å². The van der Waals surface area contributed by atoms with Gasteiger partial charge in [0.05, 0.1) is 13.2 Å². The van der Waals surface area contributed by atoms with E-state index in [1.807, 2.05) is 0 Å². The maximum atomic E-state index is 11.8. The molecule has 19 heavy (non-hydrogen) atoms. The SMILES string of the molecule is COC(=O)CC[C@@H](NC(=O)C(N)C(C)(C)C)C(=O)O. The van der Waals surface area contributed by atoms with Crippen LogP contribution in [-0.2, 0) is 19.1 Å². The van der Waals surface area contributed by atoms with Crippen molar-refractivity contribution in [2.24, 2.45) is 11.1 Å². The number of aliphatic carboxylic acids is 1. The summed E-state index contributed by atoms with van der Waals surface area (Å²) in [5.41, 5.74) is 5.25. The Bertz CT molecular complexity index is 349. The lowest BCUT2D eigenvalue weighted by Crippen LogP contribution is -2.53. The second-order valence-electron chi connectivity index (χ2n) is 5.36. The summed E-state index contributed by atoms with van der Waals surface area (Å²) in [5, 5.41) is 11.3. The van der Waals surface area contributed by atoms with E-state index in [4.69, 9.17) is 10.8 Å². The molecular formula is C12H22N2O5. The molecule has 0 aromatic heterocycles. The number of nitrogens with two attached hydrogens (primary N) is 1. The van der Waals surface area contributed by atoms with Gasteiger partial charge in [0.2, 0.25) is 5.91 Å². The smallest absolute Gasteiger partial charge is 0.326 e. The largest absolute Gasteiger partial charge is 0.480 e. The van der Waals surface area contributed by atoms with Crippen molar-refractivity contribution < 1.29 is 24.2 Å². The standard InChI is InChI=1S/C12H22N2O5/c1-12(2,3)9(13)10(16)14-7(11(17)18)5-6-8(15)19-4/h7,9H,5-6,13H2,1-4H3,(H,14,16)(H,17,18)/t7-,9?/m1/s1. The van der Waals surface area contributed by atoms with E-state index in [1.165, 1.54) is 7.11 Å².